The molecule has 0 aromatic carbocycles. The van der Waals surface area contributed by atoms with Crippen molar-refractivity contribution in [2.75, 3.05) is 0 Å². The van der Waals surface area contributed by atoms with Crippen molar-refractivity contribution >= 4 is 5.97 Å². The van der Waals surface area contributed by atoms with Crippen molar-refractivity contribution in [3.8, 4) is 11.4 Å². The molecule has 0 radical (unpaired) electrons. The van der Waals surface area contributed by atoms with Crippen molar-refractivity contribution in [3.05, 3.63) is 24.3 Å². The maximum Gasteiger partial charge on any atom is 0.354 e. The lowest BCUT2D eigenvalue weighted by molar-refractivity contribution is 0.0685. The smallest absolute Gasteiger partial charge is 0.354 e. The Hall–Kier alpha value is -2.11. The van der Waals surface area contributed by atoms with Gasteiger partial charge in [0.2, 0.25) is 0 Å². The second-order valence-electron chi connectivity index (χ2n) is 3.27. The van der Waals surface area contributed by atoms with E-state index in [1.165, 1.54) is 10.7 Å². The molecule has 0 aliphatic heterocycles. The highest BCUT2D eigenvalue weighted by Crippen LogP contribution is 2.15. The lowest BCUT2D eigenvalue weighted by atomic mass is 10.3. The third-order valence-corrected chi connectivity index (χ3v) is 2.07. The zero-order chi connectivity index (χ0) is 11.0. The molecule has 0 aliphatic rings. The predicted molar refractivity (Wildman–Crippen MR) is 52.4 cm³/mol. The second-order valence-corrected chi connectivity index (χ2v) is 3.27. The molecule has 0 fully saturated rings. The van der Waals surface area contributed by atoms with E-state index >= 15 is 0 Å². The summed E-state index contributed by atoms with van der Waals surface area (Å²) in [6.07, 6.45) is 3.43. The van der Waals surface area contributed by atoms with E-state index in [1.807, 2.05) is 7.05 Å². The Morgan fingerprint density at radius 1 is 1.40 bits per heavy atom. The van der Waals surface area contributed by atoms with Gasteiger partial charge in [-0.25, -0.2) is 9.78 Å². The van der Waals surface area contributed by atoms with E-state index in [0.29, 0.717) is 11.4 Å². The van der Waals surface area contributed by atoms with Gasteiger partial charge in [-0.3, -0.25) is 4.68 Å². The molecular formula is C9H10N4O2. The summed E-state index contributed by atoms with van der Waals surface area (Å²) in [5.41, 5.74) is 1.38. The molecule has 0 amide bonds. The van der Waals surface area contributed by atoms with Crippen molar-refractivity contribution in [1.82, 2.24) is 19.3 Å². The van der Waals surface area contributed by atoms with Gasteiger partial charge in [-0.1, -0.05) is 0 Å². The van der Waals surface area contributed by atoms with E-state index in [-0.39, 0.29) is 5.69 Å². The molecule has 0 bridgehead atoms. The highest BCUT2D eigenvalue weighted by Gasteiger charge is 2.13. The van der Waals surface area contributed by atoms with Gasteiger partial charge in [0, 0.05) is 26.4 Å². The van der Waals surface area contributed by atoms with Crippen molar-refractivity contribution in [2.45, 2.75) is 0 Å². The maximum atomic E-state index is 10.8. The van der Waals surface area contributed by atoms with E-state index in [2.05, 4.69) is 10.1 Å². The van der Waals surface area contributed by atoms with Gasteiger partial charge in [-0.15, -0.1) is 0 Å². The van der Waals surface area contributed by atoms with Gasteiger partial charge in [-0.05, 0) is 0 Å². The van der Waals surface area contributed by atoms with Crippen molar-refractivity contribution in [3.63, 3.8) is 0 Å². The SMILES string of the molecule is Cn1cnc(-c2cc(C(=O)O)n(C)n2)c1. The average molecular weight is 206 g/mol. The highest BCUT2D eigenvalue weighted by molar-refractivity contribution is 5.87. The van der Waals surface area contributed by atoms with E-state index in [1.54, 1.807) is 24.1 Å². The molecule has 1 N–H and O–H groups in total. The van der Waals surface area contributed by atoms with Gasteiger partial charge < -0.3 is 9.67 Å². The fourth-order valence-electron chi connectivity index (χ4n) is 1.34. The molecule has 2 heterocycles. The molecule has 0 aliphatic carbocycles. The molecule has 6 heteroatoms. The number of aromatic nitrogens is 4. The molecule has 15 heavy (non-hydrogen) atoms. The zero-order valence-electron chi connectivity index (χ0n) is 8.38. The fourth-order valence-corrected chi connectivity index (χ4v) is 1.34. The van der Waals surface area contributed by atoms with Crippen LogP contribution in [-0.4, -0.2) is 30.4 Å². The Labute approximate surface area is 85.8 Å². The Morgan fingerprint density at radius 2 is 2.13 bits per heavy atom. The first-order valence-corrected chi connectivity index (χ1v) is 4.33. The van der Waals surface area contributed by atoms with Crippen LogP contribution in [0.15, 0.2) is 18.6 Å². The van der Waals surface area contributed by atoms with Crippen LogP contribution in [0.3, 0.4) is 0 Å². The summed E-state index contributed by atoms with van der Waals surface area (Å²) in [6.45, 7) is 0. The summed E-state index contributed by atoms with van der Waals surface area (Å²) in [5, 5.41) is 12.9. The lowest BCUT2D eigenvalue weighted by Crippen LogP contribution is -2.04. The number of hydrogen-bond acceptors (Lipinski definition) is 3. The number of hydrogen-bond donors (Lipinski definition) is 1. The van der Waals surface area contributed by atoms with Crippen LogP contribution < -0.4 is 0 Å². The van der Waals surface area contributed by atoms with Gasteiger partial charge in [0.1, 0.15) is 17.1 Å². The van der Waals surface area contributed by atoms with Crippen molar-refractivity contribution in [2.24, 2.45) is 14.1 Å². The number of carbonyl (C=O) groups is 1. The number of nitrogens with zero attached hydrogens (tertiary/aromatic N) is 4. The van der Waals surface area contributed by atoms with E-state index in [4.69, 9.17) is 5.11 Å². The van der Waals surface area contributed by atoms with Gasteiger partial charge in [0.05, 0.1) is 6.33 Å². The summed E-state index contributed by atoms with van der Waals surface area (Å²) in [6, 6.07) is 1.50. The molecule has 0 spiro atoms. The van der Waals surface area contributed by atoms with Crippen molar-refractivity contribution in [1.29, 1.82) is 0 Å². The molecule has 6 nitrogen and oxygen atoms in total. The highest BCUT2D eigenvalue weighted by atomic mass is 16.4. The van der Waals surface area contributed by atoms with Crippen LogP contribution in [0, 0.1) is 0 Å². The lowest BCUT2D eigenvalue weighted by Gasteiger charge is -1.91. The van der Waals surface area contributed by atoms with E-state index in [0.717, 1.165) is 0 Å². The Bertz CT molecular complexity index is 512. The second kappa shape index (κ2) is 3.23. The third kappa shape index (κ3) is 1.61. The predicted octanol–water partition coefficient (Wildman–Crippen LogP) is 0.519. The monoisotopic (exact) mass is 206 g/mol. The maximum absolute atomic E-state index is 10.8. The normalized spacial score (nSPS) is 10.5. The molecule has 0 unspecified atom stereocenters. The largest absolute Gasteiger partial charge is 0.477 e. The molecule has 0 atom stereocenters. The minimum atomic E-state index is -0.993. The molecule has 78 valence electrons. The number of carboxylic acids is 1. The number of aryl methyl sites for hydroxylation is 2. The summed E-state index contributed by atoms with van der Waals surface area (Å²) in [5.74, 6) is -0.993. The Balaban J connectivity index is 2.46. The number of aromatic carboxylic acids is 1. The van der Waals surface area contributed by atoms with Gasteiger partial charge in [-0.2, -0.15) is 5.10 Å². The van der Waals surface area contributed by atoms with Crippen LogP contribution >= 0.6 is 0 Å². The van der Waals surface area contributed by atoms with Crippen LogP contribution in [0.2, 0.25) is 0 Å². The van der Waals surface area contributed by atoms with Crippen LogP contribution in [0.5, 0.6) is 0 Å². The number of imidazole rings is 1. The first kappa shape index (κ1) is 9.45. The minimum Gasteiger partial charge on any atom is -0.477 e. The quantitative estimate of drug-likeness (QED) is 0.777. The van der Waals surface area contributed by atoms with Crippen LogP contribution in [0.25, 0.3) is 11.4 Å². The summed E-state index contributed by atoms with van der Waals surface area (Å²) in [4.78, 5) is 14.9. The number of carboxylic acid groups (broad SMARTS) is 1. The standard InChI is InChI=1S/C9H10N4O2/c1-12-4-7(10-5-12)6-3-8(9(14)15)13(2)11-6/h3-5H,1-2H3,(H,14,15). The van der Waals surface area contributed by atoms with Crippen molar-refractivity contribution < 1.29 is 9.90 Å². The van der Waals surface area contributed by atoms with E-state index in [9.17, 15) is 4.79 Å². The first-order valence-electron chi connectivity index (χ1n) is 4.33. The van der Waals surface area contributed by atoms with Crippen LogP contribution in [0.1, 0.15) is 10.5 Å². The van der Waals surface area contributed by atoms with Crippen LogP contribution in [-0.2, 0) is 14.1 Å². The molecule has 2 aromatic rings. The fraction of sp³-hybridized carbons (Fsp3) is 0.222. The zero-order valence-corrected chi connectivity index (χ0v) is 8.38. The average Bonchev–Trinajstić information content (AvgIpc) is 2.71. The third-order valence-electron chi connectivity index (χ3n) is 2.07. The van der Waals surface area contributed by atoms with Crippen LogP contribution in [0.4, 0.5) is 0 Å². The minimum absolute atomic E-state index is 0.149. The van der Waals surface area contributed by atoms with E-state index < -0.39 is 5.97 Å². The van der Waals surface area contributed by atoms with Gasteiger partial charge in [0.25, 0.3) is 0 Å². The molecule has 0 saturated carbocycles. The van der Waals surface area contributed by atoms with Gasteiger partial charge in [0.15, 0.2) is 0 Å². The summed E-state index contributed by atoms with van der Waals surface area (Å²) in [7, 11) is 3.44. The Kier molecular flexibility index (Phi) is 2.03. The topological polar surface area (TPSA) is 72.9 Å². The molecule has 2 aromatic heterocycles. The van der Waals surface area contributed by atoms with Gasteiger partial charge >= 0.3 is 5.97 Å². The molecule has 0 saturated heterocycles. The number of rotatable bonds is 2. The summed E-state index contributed by atoms with van der Waals surface area (Å²) >= 11 is 0. The molecule has 2 rings (SSSR count). The first-order chi connectivity index (χ1) is 7.08. The molecular weight excluding hydrogens is 196 g/mol. The summed E-state index contributed by atoms with van der Waals surface area (Å²) < 4.78 is 3.11. The Morgan fingerprint density at radius 3 is 2.60 bits per heavy atom.